The first-order valence-corrected chi connectivity index (χ1v) is 12.0. The van der Waals surface area contributed by atoms with Gasteiger partial charge in [-0.15, -0.1) is 0 Å². The van der Waals surface area contributed by atoms with E-state index in [9.17, 15) is 9.90 Å². The predicted molar refractivity (Wildman–Crippen MR) is 119 cm³/mol. The van der Waals surface area contributed by atoms with Crippen LogP contribution >= 0.6 is 0 Å². The molecule has 4 aliphatic rings. The van der Waals surface area contributed by atoms with Crippen LogP contribution in [-0.4, -0.2) is 17.0 Å². The zero-order valence-electron chi connectivity index (χ0n) is 19.8. The van der Waals surface area contributed by atoms with Crippen molar-refractivity contribution >= 4 is 5.78 Å². The van der Waals surface area contributed by atoms with Crippen molar-refractivity contribution in [2.24, 2.45) is 39.4 Å². The fraction of sp³-hybridized carbons (Fsp3) is 0.815. The van der Waals surface area contributed by atoms with Crippen molar-refractivity contribution in [2.45, 2.75) is 99.5 Å². The van der Waals surface area contributed by atoms with Crippen molar-refractivity contribution in [3.8, 4) is 0 Å². The summed E-state index contributed by atoms with van der Waals surface area (Å²) in [5, 5.41) is 10.7. The Labute approximate surface area is 178 Å². The lowest BCUT2D eigenvalue weighted by atomic mass is 9.44. The number of ketones is 1. The predicted octanol–water partition coefficient (Wildman–Crippen LogP) is 6.49. The maximum absolute atomic E-state index is 11.9. The van der Waals surface area contributed by atoms with Gasteiger partial charge in [0.25, 0.3) is 0 Å². The highest BCUT2D eigenvalue weighted by atomic mass is 16.3. The highest BCUT2D eigenvalue weighted by molar-refractivity contribution is 5.75. The van der Waals surface area contributed by atoms with E-state index in [1.807, 2.05) is 0 Å². The molecule has 0 saturated heterocycles. The summed E-state index contributed by atoms with van der Waals surface area (Å²) in [6, 6.07) is 0. The van der Waals surface area contributed by atoms with Crippen LogP contribution in [0.1, 0.15) is 93.4 Å². The summed E-state index contributed by atoms with van der Waals surface area (Å²) in [5.74, 6) is 1.88. The van der Waals surface area contributed by atoms with E-state index in [4.69, 9.17) is 0 Å². The molecule has 2 heteroatoms. The van der Waals surface area contributed by atoms with Crippen LogP contribution < -0.4 is 0 Å². The third kappa shape index (κ3) is 2.80. The number of carbonyl (C=O) groups is 1. The smallest absolute Gasteiger partial charge is 0.130 e. The summed E-state index contributed by atoms with van der Waals surface area (Å²) in [5.41, 5.74) is 3.89. The van der Waals surface area contributed by atoms with Gasteiger partial charge in [-0.2, -0.15) is 0 Å². The molecule has 0 spiro atoms. The monoisotopic (exact) mass is 398 g/mol. The van der Waals surface area contributed by atoms with Gasteiger partial charge in [0.2, 0.25) is 0 Å². The average molecular weight is 399 g/mol. The Morgan fingerprint density at radius 2 is 1.79 bits per heavy atom. The fourth-order valence-corrected chi connectivity index (χ4v) is 8.39. The summed E-state index contributed by atoms with van der Waals surface area (Å²) in [6.45, 7) is 16.1. The van der Waals surface area contributed by atoms with Gasteiger partial charge in [-0.05, 0) is 79.4 Å². The minimum Gasteiger partial charge on any atom is -0.393 e. The van der Waals surface area contributed by atoms with E-state index >= 15 is 0 Å². The summed E-state index contributed by atoms with van der Waals surface area (Å²) in [4.78, 5) is 11.9. The Morgan fingerprint density at radius 3 is 2.45 bits per heavy atom. The number of aliphatic hydroxyl groups is 1. The number of hydrogen-bond acceptors (Lipinski definition) is 2. The van der Waals surface area contributed by atoms with Crippen LogP contribution in [0.3, 0.4) is 0 Å². The molecule has 0 aromatic rings. The minimum atomic E-state index is -0.178. The Balaban J connectivity index is 1.73. The molecule has 0 radical (unpaired) electrons. The molecular formula is C27H42O2. The third-order valence-electron chi connectivity index (χ3n) is 10.5. The number of carbonyl (C=O) groups excluding carboxylic acids is 1. The third-order valence-corrected chi connectivity index (χ3v) is 10.5. The van der Waals surface area contributed by atoms with Crippen molar-refractivity contribution < 1.29 is 9.90 Å². The molecule has 0 unspecified atom stereocenters. The van der Waals surface area contributed by atoms with E-state index in [1.54, 1.807) is 18.1 Å². The molecule has 2 saturated carbocycles. The fourth-order valence-electron chi connectivity index (χ4n) is 8.39. The molecule has 4 aliphatic carbocycles. The van der Waals surface area contributed by atoms with Crippen LogP contribution in [0, 0.1) is 39.4 Å². The van der Waals surface area contributed by atoms with Gasteiger partial charge >= 0.3 is 0 Å². The molecule has 1 N–H and O–H groups in total. The maximum atomic E-state index is 11.9. The first-order chi connectivity index (χ1) is 13.4. The largest absolute Gasteiger partial charge is 0.393 e. The molecule has 2 fully saturated rings. The van der Waals surface area contributed by atoms with Gasteiger partial charge in [-0.1, -0.05) is 64.8 Å². The zero-order valence-corrected chi connectivity index (χ0v) is 19.8. The molecule has 0 amide bonds. The Hall–Kier alpha value is -0.890. The first kappa shape index (κ1) is 21.3. The zero-order chi connectivity index (χ0) is 21.4. The first-order valence-electron chi connectivity index (χ1n) is 12.0. The second-order valence-corrected chi connectivity index (χ2v) is 12.3. The van der Waals surface area contributed by atoms with E-state index in [2.05, 4.69) is 53.7 Å². The Morgan fingerprint density at radius 1 is 1.10 bits per heavy atom. The van der Waals surface area contributed by atoms with Crippen molar-refractivity contribution in [1.82, 2.24) is 0 Å². The summed E-state index contributed by atoms with van der Waals surface area (Å²) < 4.78 is 0. The molecule has 162 valence electrons. The number of allylic oxidation sites excluding steroid dienone is 4. The van der Waals surface area contributed by atoms with Gasteiger partial charge < -0.3 is 9.90 Å². The maximum Gasteiger partial charge on any atom is 0.130 e. The van der Waals surface area contributed by atoms with Crippen LogP contribution in [0.4, 0.5) is 0 Å². The molecule has 0 heterocycles. The lowest BCUT2D eigenvalue weighted by Crippen LogP contribution is -2.55. The van der Waals surface area contributed by atoms with Crippen molar-refractivity contribution in [3.05, 3.63) is 23.3 Å². The standard InChI is InChI=1S/C27H42O2/c1-17(16-18(2)28)25(5)14-15-27(7)20-8-10-21-24(3,4)23(29)12-13-26(21,6)19(20)9-11-22(25)27/h8,11,17,19,21,23,29H,9-10,12-16H2,1-7H3/t17-,19-,21+,23-,25+,26-,27+/m1/s1. The van der Waals surface area contributed by atoms with E-state index in [0.717, 1.165) is 25.7 Å². The van der Waals surface area contributed by atoms with E-state index in [-0.39, 0.29) is 27.8 Å². The molecule has 29 heavy (non-hydrogen) atoms. The normalized spacial score (nSPS) is 46.7. The van der Waals surface area contributed by atoms with Crippen molar-refractivity contribution in [2.75, 3.05) is 0 Å². The number of rotatable bonds is 3. The number of Topliss-reactive ketones (excluding diaryl/α,β-unsaturated/α-hetero) is 1. The van der Waals surface area contributed by atoms with Gasteiger partial charge in [0.15, 0.2) is 0 Å². The second kappa shape index (κ2) is 6.55. The second-order valence-electron chi connectivity index (χ2n) is 12.3. The molecule has 0 aliphatic heterocycles. The SMILES string of the molecule is CC(=O)C[C@@H](C)[C@]1(C)CC[C@@]2(C)C3=CC[C@H]4C(C)(C)[C@H](O)CC[C@]4(C)[C@@H]3CC=C21. The molecule has 4 rings (SSSR count). The highest BCUT2D eigenvalue weighted by Crippen LogP contribution is 2.70. The van der Waals surface area contributed by atoms with Gasteiger partial charge in [-0.3, -0.25) is 0 Å². The van der Waals surface area contributed by atoms with Crippen LogP contribution in [-0.2, 0) is 4.79 Å². The number of fused-ring (bicyclic) bond motifs is 5. The van der Waals surface area contributed by atoms with Crippen LogP contribution in [0.2, 0.25) is 0 Å². The lowest BCUT2D eigenvalue weighted by molar-refractivity contribution is -0.118. The molecule has 0 aromatic heterocycles. The molecule has 2 nitrogen and oxygen atoms in total. The summed E-state index contributed by atoms with van der Waals surface area (Å²) in [6.07, 6.45) is 12.4. The van der Waals surface area contributed by atoms with Crippen LogP contribution in [0.15, 0.2) is 23.3 Å². The van der Waals surface area contributed by atoms with Crippen LogP contribution in [0.25, 0.3) is 0 Å². The summed E-state index contributed by atoms with van der Waals surface area (Å²) in [7, 11) is 0. The van der Waals surface area contributed by atoms with Crippen molar-refractivity contribution in [3.63, 3.8) is 0 Å². The van der Waals surface area contributed by atoms with E-state index in [0.29, 0.717) is 30.0 Å². The van der Waals surface area contributed by atoms with E-state index in [1.165, 1.54) is 12.8 Å². The van der Waals surface area contributed by atoms with Gasteiger partial charge in [0.1, 0.15) is 5.78 Å². The molecular weight excluding hydrogens is 356 g/mol. The summed E-state index contributed by atoms with van der Waals surface area (Å²) >= 11 is 0. The number of aliphatic hydroxyl groups excluding tert-OH is 1. The molecule has 7 atom stereocenters. The Kier molecular flexibility index (Phi) is 4.82. The van der Waals surface area contributed by atoms with Gasteiger partial charge in [-0.25, -0.2) is 0 Å². The minimum absolute atomic E-state index is 0.0138. The van der Waals surface area contributed by atoms with Crippen molar-refractivity contribution in [1.29, 1.82) is 0 Å². The van der Waals surface area contributed by atoms with Gasteiger partial charge in [0.05, 0.1) is 6.10 Å². The highest BCUT2D eigenvalue weighted by Gasteiger charge is 2.61. The number of hydrogen-bond donors (Lipinski definition) is 1. The average Bonchev–Trinajstić information content (AvgIpc) is 2.91. The molecule has 0 bridgehead atoms. The quantitative estimate of drug-likeness (QED) is 0.552. The van der Waals surface area contributed by atoms with Crippen LogP contribution in [0.5, 0.6) is 0 Å². The van der Waals surface area contributed by atoms with Gasteiger partial charge in [0, 0.05) is 11.8 Å². The lowest BCUT2D eigenvalue weighted by Gasteiger charge is -2.61. The topological polar surface area (TPSA) is 37.3 Å². The molecule has 0 aromatic carbocycles. The Bertz CT molecular complexity index is 773. The van der Waals surface area contributed by atoms with E-state index < -0.39 is 0 Å².